The molecule has 0 aliphatic heterocycles. The van der Waals surface area contributed by atoms with E-state index in [1.807, 2.05) is 11.4 Å². The molecule has 0 bridgehead atoms. The second kappa shape index (κ2) is 4.93. The van der Waals surface area contributed by atoms with Gasteiger partial charge in [0.2, 0.25) is 0 Å². The van der Waals surface area contributed by atoms with E-state index in [4.69, 9.17) is 4.74 Å². The molecule has 66 valence electrons. The lowest BCUT2D eigenvalue weighted by molar-refractivity contribution is -0.143. The van der Waals surface area contributed by atoms with Gasteiger partial charge in [-0.25, -0.2) is 0 Å². The van der Waals surface area contributed by atoms with Crippen LogP contribution in [0.25, 0.3) is 0 Å². The van der Waals surface area contributed by atoms with E-state index in [0.717, 1.165) is 6.42 Å². The Hall–Kier alpha value is -0.830. The molecule has 0 aromatic carbocycles. The zero-order chi connectivity index (χ0) is 8.81. The summed E-state index contributed by atoms with van der Waals surface area (Å²) in [5.74, 6) is -0.120. The van der Waals surface area contributed by atoms with Crippen LogP contribution < -0.4 is 0 Å². The molecule has 0 saturated carbocycles. The molecule has 0 saturated heterocycles. The summed E-state index contributed by atoms with van der Waals surface area (Å²) in [5.41, 5.74) is 1.24. The molecule has 0 N–H and O–H groups in total. The summed E-state index contributed by atoms with van der Waals surface area (Å²) in [4.78, 5) is 10.7. The average Bonchev–Trinajstić information content (AvgIpc) is 2.57. The van der Waals surface area contributed by atoms with Gasteiger partial charge in [-0.3, -0.25) is 4.79 Å². The van der Waals surface area contributed by atoms with Crippen LogP contribution in [-0.2, 0) is 16.0 Å². The summed E-state index contributed by atoms with van der Waals surface area (Å²) >= 11 is 1.66. The molecular weight excluding hydrogens is 172 g/mol. The third-order valence-electron chi connectivity index (χ3n) is 1.52. The fourth-order valence-electron chi connectivity index (χ4n) is 0.820. The van der Waals surface area contributed by atoms with Crippen LogP contribution in [0, 0.1) is 0 Å². The van der Waals surface area contributed by atoms with Crippen LogP contribution in [0.3, 0.4) is 0 Å². The largest absolute Gasteiger partial charge is 0.465 e. The SMILES string of the molecule is CCC(=O)OCCc1ccsc1. The Kier molecular flexibility index (Phi) is 3.80. The number of ether oxygens (including phenoxy) is 1. The maximum Gasteiger partial charge on any atom is 0.305 e. The van der Waals surface area contributed by atoms with Crippen molar-refractivity contribution < 1.29 is 9.53 Å². The van der Waals surface area contributed by atoms with Gasteiger partial charge in [0.25, 0.3) is 0 Å². The number of hydrogen-bond donors (Lipinski definition) is 0. The van der Waals surface area contributed by atoms with Crippen molar-refractivity contribution in [2.45, 2.75) is 19.8 Å². The van der Waals surface area contributed by atoms with Crippen molar-refractivity contribution in [1.29, 1.82) is 0 Å². The highest BCUT2D eigenvalue weighted by atomic mass is 32.1. The molecule has 1 rings (SSSR count). The van der Waals surface area contributed by atoms with E-state index >= 15 is 0 Å². The maximum absolute atomic E-state index is 10.7. The summed E-state index contributed by atoms with van der Waals surface area (Å²) in [7, 11) is 0. The Morgan fingerprint density at radius 1 is 1.67 bits per heavy atom. The predicted octanol–water partition coefficient (Wildman–Crippen LogP) is 2.24. The number of thiophene rings is 1. The molecule has 0 unspecified atom stereocenters. The van der Waals surface area contributed by atoms with Gasteiger partial charge in [0.1, 0.15) is 0 Å². The minimum atomic E-state index is -0.120. The summed E-state index contributed by atoms with van der Waals surface area (Å²) in [6, 6.07) is 2.05. The third kappa shape index (κ3) is 3.05. The molecule has 0 aliphatic rings. The van der Waals surface area contributed by atoms with Crippen LogP contribution in [0.15, 0.2) is 16.8 Å². The van der Waals surface area contributed by atoms with Gasteiger partial charge >= 0.3 is 5.97 Å². The topological polar surface area (TPSA) is 26.3 Å². The lowest BCUT2D eigenvalue weighted by Crippen LogP contribution is -2.05. The summed E-state index contributed by atoms with van der Waals surface area (Å²) < 4.78 is 4.93. The zero-order valence-electron chi connectivity index (χ0n) is 7.08. The summed E-state index contributed by atoms with van der Waals surface area (Å²) in [5, 5.41) is 4.09. The molecule has 1 aromatic rings. The highest BCUT2D eigenvalue weighted by Crippen LogP contribution is 2.06. The molecule has 3 heteroatoms. The Balaban J connectivity index is 2.15. The standard InChI is InChI=1S/C9H12O2S/c1-2-9(10)11-5-3-8-4-6-12-7-8/h4,6-7H,2-3,5H2,1H3. The summed E-state index contributed by atoms with van der Waals surface area (Å²) in [6.45, 7) is 2.30. The Bertz CT molecular complexity index is 229. The number of carbonyl (C=O) groups is 1. The first kappa shape index (κ1) is 9.26. The quantitative estimate of drug-likeness (QED) is 0.671. The van der Waals surface area contributed by atoms with Gasteiger partial charge in [-0.15, -0.1) is 0 Å². The van der Waals surface area contributed by atoms with Gasteiger partial charge in [0.15, 0.2) is 0 Å². The monoisotopic (exact) mass is 184 g/mol. The van der Waals surface area contributed by atoms with E-state index < -0.39 is 0 Å². The lowest BCUT2D eigenvalue weighted by atomic mass is 10.3. The Labute approximate surface area is 76.2 Å². The lowest BCUT2D eigenvalue weighted by Gasteiger charge is -2.00. The van der Waals surface area contributed by atoms with Gasteiger partial charge in [0.05, 0.1) is 6.61 Å². The highest BCUT2D eigenvalue weighted by Gasteiger charge is 1.98. The second-order valence-electron chi connectivity index (χ2n) is 2.46. The van der Waals surface area contributed by atoms with Crippen LogP contribution in [-0.4, -0.2) is 12.6 Å². The normalized spacial score (nSPS) is 9.75. The fraction of sp³-hybridized carbons (Fsp3) is 0.444. The van der Waals surface area contributed by atoms with Gasteiger partial charge in [-0.1, -0.05) is 6.92 Å². The molecule has 2 nitrogen and oxygen atoms in total. The number of carbonyl (C=O) groups excluding carboxylic acids is 1. The average molecular weight is 184 g/mol. The van der Waals surface area contributed by atoms with Crippen LogP contribution in [0.1, 0.15) is 18.9 Å². The van der Waals surface area contributed by atoms with Crippen molar-refractivity contribution in [2.24, 2.45) is 0 Å². The van der Waals surface area contributed by atoms with E-state index in [-0.39, 0.29) is 5.97 Å². The molecule has 0 atom stereocenters. The second-order valence-corrected chi connectivity index (χ2v) is 3.24. The van der Waals surface area contributed by atoms with Crippen molar-refractivity contribution in [2.75, 3.05) is 6.61 Å². The number of esters is 1. The molecule has 0 aliphatic carbocycles. The van der Waals surface area contributed by atoms with Crippen molar-refractivity contribution >= 4 is 17.3 Å². The number of rotatable bonds is 4. The van der Waals surface area contributed by atoms with E-state index in [9.17, 15) is 4.79 Å². The van der Waals surface area contributed by atoms with Crippen molar-refractivity contribution in [1.82, 2.24) is 0 Å². The number of hydrogen-bond acceptors (Lipinski definition) is 3. The van der Waals surface area contributed by atoms with E-state index in [2.05, 4.69) is 5.38 Å². The predicted molar refractivity (Wildman–Crippen MR) is 49.3 cm³/mol. The zero-order valence-corrected chi connectivity index (χ0v) is 7.89. The molecule has 0 radical (unpaired) electrons. The molecule has 1 aromatic heterocycles. The highest BCUT2D eigenvalue weighted by molar-refractivity contribution is 7.07. The Morgan fingerprint density at radius 2 is 2.50 bits per heavy atom. The minimum Gasteiger partial charge on any atom is -0.465 e. The van der Waals surface area contributed by atoms with Crippen LogP contribution in [0.4, 0.5) is 0 Å². The van der Waals surface area contributed by atoms with Crippen LogP contribution in [0.2, 0.25) is 0 Å². The van der Waals surface area contributed by atoms with Crippen LogP contribution in [0.5, 0.6) is 0 Å². The van der Waals surface area contributed by atoms with Gasteiger partial charge in [-0.2, -0.15) is 11.3 Å². The molecule has 0 amide bonds. The minimum absolute atomic E-state index is 0.120. The van der Waals surface area contributed by atoms with Gasteiger partial charge in [0, 0.05) is 12.8 Å². The smallest absolute Gasteiger partial charge is 0.305 e. The maximum atomic E-state index is 10.7. The third-order valence-corrected chi connectivity index (χ3v) is 2.25. The van der Waals surface area contributed by atoms with Gasteiger partial charge < -0.3 is 4.74 Å². The van der Waals surface area contributed by atoms with E-state index in [0.29, 0.717) is 13.0 Å². The van der Waals surface area contributed by atoms with Crippen LogP contribution >= 0.6 is 11.3 Å². The van der Waals surface area contributed by atoms with E-state index in [1.54, 1.807) is 18.3 Å². The van der Waals surface area contributed by atoms with E-state index in [1.165, 1.54) is 5.56 Å². The molecular formula is C9H12O2S. The van der Waals surface area contributed by atoms with Crippen molar-refractivity contribution in [3.63, 3.8) is 0 Å². The van der Waals surface area contributed by atoms with Gasteiger partial charge in [-0.05, 0) is 22.4 Å². The first-order valence-electron chi connectivity index (χ1n) is 3.99. The summed E-state index contributed by atoms with van der Waals surface area (Å²) in [6.07, 6.45) is 1.29. The molecule has 12 heavy (non-hydrogen) atoms. The molecule has 1 heterocycles. The first-order chi connectivity index (χ1) is 5.83. The van der Waals surface area contributed by atoms with Crippen molar-refractivity contribution in [3.8, 4) is 0 Å². The fourth-order valence-corrected chi connectivity index (χ4v) is 1.52. The van der Waals surface area contributed by atoms with Crippen molar-refractivity contribution in [3.05, 3.63) is 22.4 Å². The Morgan fingerprint density at radius 3 is 3.08 bits per heavy atom. The molecule has 0 fully saturated rings. The first-order valence-corrected chi connectivity index (χ1v) is 4.94. The molecule has 0 spiro atoms.